The maximum atomic E-state index is 12.0. The molecule has 9 heteroatoms. The molecule has 0 spiro atoms. The van der Waals surface area contributed by atoms with Crippen LogP contribution in [0.2, 0.25) is 0 Å². The van der Waals surface area contributed by atoms with Crippen molar-refractivity contribution in [3.05, 3.63) is 35.7 Å². The third-order valence-electron chi connectivity index (χ3n) is 3.68. The molecular weight excluding hydrogens is 356 g/mol. The summed E-state index contributed by atoms with van der Waals surface area (Å²) >= 11 is 1.34. The fourth-order valence-electron chi connectivity index (χ4n) is 2.29. The maximum absolute atomic E-state index is 12.0. The Balaban J connectivity index is 1.83. The van der Waals surface area contributed by atoms with Crippen molar-refractivity contribution in [1.82, 2.24) is 20.1 Å². The number of rotatable bonds is 9. The number of thioether (sulfide) groups is 1. The average Bonchev–Trinajstić information content (AvgIpc) is 3.09. The smallest absolute Gasteiger partial charge is 0.335 e. The molecule has 1 heterocycles. The molecule has 0 saturated carbocycles. The molecule has 0 aliphatic carbocycles. The van der Waals surface area contributed by atoms with Gasteiger partial charge in [0.15, 0.2) is 5.16 Å². The third-order valence-corrected chi connectivity index (χ3v) is 4.64. The van der Waals surface area contributed by atoms with Gasteiger partial charge in [-0.25, -0.2) is 4.79 Å². The highest BCUT2D eigenvalue weighted by Crippen LogP contribution is 2.21. The summed E-state index contributed by atoms with van der Waals surface area (Å²) in [5.41, 5.74) is 1.00. The van der Waals surface area contributed by atoms with Crippen LogP contribution in [0.15, 0.2) is 29.7 Å². The number of nitrogens with one attached hydrogen (secondary N) is 1. The van der Waals surface area contributed by atoms with Crippen LogP contribution in [-0.4, -0.2) is 51.2 Å². The molecule has 2 aromatic rings. The van der Waals surface area contributed by atoms with E-state index in [1.165, 1.54) is 31.0 Å². The van der Waals surface area contributed by atoms with Crippen molar-refractivity contribution >= 4 is 23.6 Å². The van der Waals surface area contributed by atoms with E-state index in [0.29, 0.717) is 23.9 Å². The number of carbonyl (C=O) groups excluding carboxylic acids is 1. The Morgan fingerprint density at radius 2 is 2.15 bits per heavy atom. The first-order chi connectivity index (χ1) is 12.4. The first kappa shape index (κ1) is 19.8. The molecular formula is C17H22N4O4S. The number of nitrogens with zero attached hydrogens (tertiary/aromatic N) is 3. The van der Waals surface area contributed by atoms with Crippen molar-refractivity contribution in [3.63, 3.8) is 0 Å². The van der Waals surface area contributed by atoms with Crippen LogP contribution in [-0.2, 0) is 11.2 Å². The van der Waals surface area contributed by atoms with Gasteiger partial charge in [0.05, 0.1) is 18.4 Å². The molecule has 0 aliphatic heterocycles. The molecule has 1 aromatic heterocycles. The van der Waals surface area contributed by atoms with Gasteiger partial charge in [-0.2, -0.15) is 0 Å². The number of methoxy groups -OCH3 is 1. The standard InChI is InChI=1S/C17H22N4O4S/c1-11(2)21-10-19-20-17(21)26-9-15(22)18-7-6-12-4-5-13(16(23)24)8-14(12)25-3/h4-5,8,10-11H,6-7,9H2,1-3H3,(H,18,22)(H,23,24). The van der Waals surface area contributed by atoms with Crippen LogP contribution in [0.5, 0.6) is 5.75 Å². The number of benzene rings is 1. The highest BCUT2D eigenvalue weighted by Gasteiger charge is 2.12. The first-order valence-electron chi connectivity index (χ1n) is 8.11. The van der Waals surface area contributed by atoms with Crippen molar-refractivity contribution in [1.29, 1.82) is 0 Å². The molecule has 26 heavy (non-hydrogen) atoms. The lowest BCUT2D eigenvalue weighted by molar-refractivity contribution is -0.118. The molecule has 2 N–H and O–H groups in total. The predicted molar refractivity (Wildman–Crippen MR) is 97.8 cm³/mol. The molecule has 0 aliphatic rings. The van der Waals surface area contributed by atoms with Crippen LogP contribution in [0.1, 0.15) is 35.8 Å². The Morgan fingerprint density at radius 1 is 1.38 bits per heavy atom. The molecule has 0 bridgehead atoms. The zero-order valence-corrected chi connectivity index (χ0v) is 15.7. The van der Waals surface area contributed by atoms with Gasteiger partial charge in [0.25, 0.3) is 0 Å². The van der Waals surface area contributed by atoms with E-state index < -0.39 is 5.97 Å². The van der Waals surface area contributed by atoms with Crippen molar-refractivity contribution in [3.8, 4) is 5.75 Å². The highest BCUT2D eigenvalue weighted by atomic mass is 32.2. The van der Waals surface area contributed by atoms with Gasteiger partial charge >= 0.3 is 5.97 Å². The van der Waals surface area contributed by atoms with Crippen molar-refractivity contribution < 1.29 is 19.4 Å². The molecule has 0 radical (unpaired) electrons. The number of ether oxygens (including phenoxy) is 1. The zero-order valence-electron chi connectivity index (χ0n) is 14.9. The Bertz CT molecular complexity index is 776. The summed E-state index contributed by atoms with van der Waals surface area (Å²) in [4.78, 5) is 23.0. The first-order valence-corrected chi connectivity index (χ1v) is 9.10. The molecule has 2 rings (SSSR count). The number of hydrogen-bond donors (Lipinski definition) is 2. The highest BCUT2D eigenvalue weighted by molar-refractivity contribution is 7.99. The second-order valence-electron chi connectivity index (χ2n) is 5.83. The van der Waals surface area contributed by atoms with E-state index in [9.17, 15) is 9.59 Å². The fourth-order valence-corrected chi connectivity index (χ4v) is 3.17. The minimum absolute atomic E-state index is 0.102. The Morgan fingerprint density at radius 3 is 2.81 bits per heavy atom. The third kappa shape index (κ3) is 5.22. The van der Waals surface area contributed by atoms with Crippen molar-refractivity contribution in [2.75, 3.05) is 19.4 Å². The van der Waals surface area contributed by atoms with E-state index in [4.69, 9.17) is 9.84 Å². The molecule has 140 valence electrons. The second kappa shape index (κ2) is 9.23. The summed E-state index contributed by atoms with van der Waals surface area (Å²) in [6, 6.07) is 4.94. The molecule has 0 unspecified atom stereocenters. The second-order valence-corrected chi connectivity index (χ2v) is 6.78. The van der Waals surface area contributed by atoms with E-state index in [1.54, 1.807) is 12.4 Å². The Kier molecular flexibility index (Phi) is 7.02. The molecule has 0 saturated heterocycles. The van der Waals surface area contributed by atoms with Crippen LogP contribution in [0.4, 0.5) is 0 Å². The molecule has 1 aromatic carbocycles. The normalized spacial score (nSPS) is 10.8. The Hall–Kier alpha value is -2.55. The fraction of sp³-hybridized carbons (Fsp3) is 0.412. The van der Waals surface area contributed by atoms with Crippen molar-refractivity contribution in [2.24, 2.45) is 0 Å². The van der Waals surface area contributed by atoms with Gasteiger partial charge in [0, 0.05) is 12.6 Å². The molecule has 0 atom stereocenters. The van der Waals surface area contributed by atoms with Crippen LogP contribution >= 0.6 is 11.8 Å². The maximum Gasteiger partial charge on any atom is 0.335 e. The van der Waals surface area contributed by atoms with Crippen LogP contribution in [0.3, 0.4) is 0 Å². The number of carboxylic acid groups (broad SMARTS) is 1. The lowest BCUT2D eigenvalue weighted by Crippen LogP contribution is -2.27. The SMILES string of the molecule is COc1cc(C(=O)O)ccc1CCNC(=O)CSc1nncn1C(C)C. The lowest BCUT2D eigenvalue weighted by atomic mass is 10.1. The topological polar surface area (TPSA) is 106 Å². The van der Waals surface area contributed by atoms with Gasteiger partial charge < -0.3 is 19.7 Å². The summed E-state index contributed by atoms with van der Waals surface area (Å²) in [6.45, 7) is 4.48. The van der Waals surface area contributed by atoms with E-state index >= 15 is 0 Å². The monoisotopic (exact) mass is 378 g/mol. The van der Waals surface area contributed by atoms with E-state index in [-0.39, 0.29) is 23.3 Å². The molecule has 8 nitrogen and oxygen atoms in total. The van der Waals surface area contributed by atoms with E-state index in [0.717, 1.165) is 5.56 Å². The van der Waals surface area contributed by atoms with Gasteiger partial charge in [-0.3, -0.25) is 4.79 Å². The Labute approximate surface area is 156 Å². The number of carboxylic acids is 1. The summed E-state index contributed by atoms with van der Waals surface area (Å²) < 4.78 is 7.14. The van der Waals surface area contributed by atoms with Gasteiger partial charge in [0.1, 0.15) is 12.1 Å². The molecule has 0 fully saturated rings. The van der Waals surface area contributed by atoms with Gasteiger partial charge in [-0.15, -0.1) is 10.2 Å². The predicted octanol–water partition coefficient (Wildman–Crippen LogP) is 2.02. The van der Waals surface area contributed by atoms with Gasteiger partial charge in [-0.05, 0) is 38.0 Å². The minimum atomic E-state index is -1.01. The van der Waals surface area contributed by atoms with E-state index in [2.05, 4.69) is 15.5 Å². The number of aromatic nitrogens is 3. The average molecular weight is 378 g/mol. The minimum Gasteiger partial charge on any atom is -0.496 e. The summed E-state index contributed by atoms with van der Waals surface area (Å²) in [5.74, 6) is -0.358. The summed E-state index contributed by atoms with van der Waals surface area (Å²) in [5, 5.41) is 20.4. The number of hydrogen-bond acceptors (Lipinski definition) is 6. The summed E-state index contributed by atoms with van der Waals surface area (Å²) in [7, 11) is 1.49. The number of amides is 1. The van der Waals surface area contributed by atoms with Crippen LogP contribution in [0.25, 0.3) is 0 Å². The number of aromatic carboxylic acids is 1. The lowest BCUT2D eigenvalue weighted by Gasteiger charge is -2.11. The zero-order chi connectivity index (χ0) is 19.1. The molecule has 1 amide bonds. The van der Waals surface area contributed by atoms with Crippen LogP contribution < -0.4 is 10.1 Å². The quantitative estimate of drug-likeness (QED) is 0.643. The van der Waals surface area contributed by atoms with Crippen molar-refractivity contribution in [2.45, 2.75) is 31.5 Å². The number of carbonyl (C=O) groups is 2. The van der Waals surface area contributed by atoms with E-state index in [1.807, 2.05) is 18.4 Å². The van der Waals surface area contributed by atoms with Crippen LogP contribution in [0, 0.1) is 0 Å². The van der Waals surface area contributed by atoms with Gasteiger partial charge in [0.2, 0.25) is 5.91 Å². The summed E-state index contributed by atoms with van der Waals surface area (Å²) in [6.07, 6.45) is 2.19. The largest absolute Gasteiger partial charge is 0.496 e. The van der Waals surface area contributed by atoms with Gasteiger partial charge in [-0.1, -0.05) is 17.8 Å².